The molecule has 0 unspecified atom stereocenters. The molecule has 78 valence electrons. The van der Waals surface area contributed by atoms with Crippen molar-refractivity contribution in [2.24, 2.45) is 0 Å². The molecule has 1 aromatic heterocycles. The predicted octanol–water partition coefficient (Wildman–Crippen LogP) is 4.30. The van der Waals surface area contributed by atoms with Crippen molar-refractivity contribution in [1.82, 2.24) is 0 Å². The molecule has 1 heteroatoms. The number of furan rings is 1. The average Bonchev–Trinajstić information content (AvgIpc) is 2.55. The summed E-state index contributed by atoms with van der Waals surface area (Å²) in [6.45, 7) is 4.28. The van der Waals surface area contributed by atoms with Crippen LogP contribution >= 0.6 is 0 Å². The minimum Gasteiger partial charge on any atom is -0.461 e. The van der Waals surface area contributed by atoms with Gasteiger partial charge >= 0.3 is 0 Å². The second-order valence-corrected chi connectivity index (χ2v) is 4.04. The first-order valence-corrected chi connectivity index (χ1v) is 5.41. The Bertz CT molecular complexity index is 416. The first-order chi connectivity index (χ1) is 7.27. The van der Waals surface area contributed by atoms with Gasteiger partial charge in [-0.1, -0.05) is 44.2 Å². The van der Waals surface area contributed by atoms with Crippen LogP contribution in [0.15, 0.2) is 46.9 Å². The zero-order chi connectivity index (χ0) is 10.7. The second kappa shape index (κ2) is 4.35. The Hall–Kier alpha value is -1.50. The summed E-state index contributed by atoms with van der Waals surface area (Å²) in [6.07, 6.45) is 11.6. The Morgan fingerprint density at radius 1 is 1.20 bits per heavy atom. The van der Waals surface area contributed by atoms with Crippen LogP contribution in [0.4, 0.5) is 0 Å². The lowest BCUT2D eigenvalue weighted by Crippen LogP contribution is -1.81. The van der Waals surface area contributed by atoms with Crippen molar-refractivity contribution < 1.29 is 4.42 Å². The number of hydrogen-bond donors (Lipinski definition) is 0. The smallest absolute Gasteiger partial charge is 0.134 e. The van der Waals surface area contributed by atoms with Crippen molar-refractivity contribution in [3.8, 4) is 0 Å². The summed E-state index contributed by atoms with van der Waals surface area (Å²) in [5.41, 5.74) is 1.15. The lowest BCUT2D eigenvalue weighted by Gasteiger charge is -1.99. The van der Waals surface area contributed by atoms with Gasteiger partial charge in [0.2, 0.25) is 0 Å². The van der Waals surface area contributed by atoms with E-state index in [2.05, 4.69) is 50.3 Å². The van der Waals surface area contributed by atoms with Crippen LogP contribution in [0.1, 0.15) is 37.7 Å². The van der Waals surface area contributed by atoms with Crippen molar-refractivity contribution in [1.29, 1.82) is 0 Å². The highest BCUT2D eigenvalue weighted by Crippen LogP contribution is 2.24. The van der Waals surface area contributed by atoms with Crippen LogP contribution in [0.5, 0.6) is 0 Å². The summed E-state index contributed by atoms with van der Waals surface area (Å²) in [4.78, 5) is 0. The van der Waals surface area contributed by atoms with E-state index in [1.165, 1.54) is 0 Å². The van der Waals surface area contributed by atoms with Gasteiger partial charge in [0.25, 0.3) is 0 Å². The summed E-state index contributed by atoms with van der Waals surface area (Å²) in [5.74, 6) is 2.46. The molecule has 0 N–H and O–H groups in total. The van der Waals surface area contributed by atoms with Gasteiger partial charge in [0, 0.05) is 11.5 Å². The fourth-order valence-electron chi connectivity index (χ4n) is 1.56. The number of allylic oxidation sites excluding steroid dienone is 6. The summed E-state index contributed by atoms with van der Waals surface area (Å²) >= 11 is 0. The molecule has 0 saturated heterocycles. The normalized spacial score (nSPS) is 15.5. The van der Waals surface area contributed by atoms with E-state index in [1.54, 1.807) is 0 Å². The van der Waals surface area contributed by atoms with Gasteiger partial charge in [-0.2, -0.15) is 0 Å². The third-order valence-electron chi connectivity index (χ3n) is 2.46. The largest absolute Gasteiger partial charge is 0.461 e. The molecule has 1 aromatic rings. The molecule has 0 fully saturated rings. The van der Waals surface area contributed by atoms with E-state index in [0.717, 1.165) is 23.5 Å². The lowest BCUT2D eigenvalue weighted by atomic mass is 10.1. The predicted molar refractivity (Wildman–Crippen MR) is 63.7 cm³/mol. The molecule has 0 atom stereocenters. The highest BCUT2D eigenvalue weighted by Gasteiger charge is 2.07. The van der Waals surface area contributed by atoms with E-state index < -0.39 is 0 Å². The Morgan fingerprint density at radius 2 is 2.07 bits per heavy atom. The number of hydrogen-bond acceptors (Lipinski definition) is 1. The lowest BCUT2D eigenvalue weighted by molar-refractivity contribution is 0.478. The van der Waals surface area contributed by atoms with Gasteiger partial charge in [-0.15, -0.1) is 0 Å². The van der Waals surface area contributed by atoms with Gasteiger partial charge in [-0.3, -0.25) is 0 Å². The summed E-state index contributed by atoms with van der Waals surface area (Å²) < 4.78 is 5.79. The zero-order valence-electron chi connectivity index (χ0n) is 9.23. The van der Waals surface area contributed by atoms with Gasteiger partial charge in [0.05, 0.1) is 0 Å². The molecule has 1 heterocycles. The van der Waals surface area contributed by atoms with Crippen molar-refractivity contribution in [3.63, 3.8) is 0 Å². The van der Waals surface area contributed by atoms with Gasteiger partial charge in [-0.25, -0.2) is 0 Å². The van der Waals surface area contributed by atoms with E-state index in [1.807, 2.05) is 6.07 Å². The average molecular weight is 200 g/mol. The molecule has 0 radical (unpaired) electrons. The fourth-order valence-corrected chi connectivity index (χ4v) is 1.56. The van der Waals surface area contributed by atoms with Crippen LogP contribution in [0, 0.1) is 0 Å². The van der Waals surface area contributed by atoms with Gasteiger partial charge in [0.1, 0.15) is 11.5 Å². The molecule has 0 aromatic carbocycles. The minimum absolute atomic E-state index is 0.449. The summed E-state index contributed by atoms with van der Waals surface area (Å²) in [5, 5.41) is 0. The standard InChI is InChI=1S/C14H16O/c1-11(2)13-9-10-14(15-13)12-7-5-3-4-6-8-12/h3,5-11H,4H2,1-2H3. The topological polar surface area (TPSA) is 13.1 Å². The molecule has 0 spiro atoms. The maximum Gasteiger partial charge on any atom is 0.134 e. The first kappa shape index (κ1) is 10.0. The zero-order valence-corrected chi connectivity index (χ0v) is 9.23. The monoisotopic (exact) mass is 200 g/mol. The Balaban J connectivity index is 2.29. The Labute approximate surface area is 90.8 Å². The first-order valence-electron chi connectivity index (χ1n) is 5.41. The Morgan fingerprint density at radius 3 is 2.80 bits per heavy atom. The van der Waals surface area contributed by atoms with Gasteiger partial charge < -0.3 is 4.42 Å². The minimum atomic E-state index is 0.449. The van der Waals surface area contributed by atoms with E-state index >= 15 is 0 Å². The van der Waals surface area contributed by atoms with Crippen LogP contribution in [0.3, 0.4) is 0 Å². The fraction of sp³-hybridized carbons (Fsp3) is 0.286. The van der Waals surface area contributed by atoms with Crippen molar-refractivity contribution in [2.75, 3.05) is 0 Å². The molecule has 0 bridgehead atoms. The van der Waals surface area contributed by atoms with E-state index in [-0.39, 0.29) is 0 Å². The van der Waals surface area contributed by atoms with Gasteiger partial charge in [-0.05, 0) is 18.6 Å². The Kier molecular flexibility index (Phi) is 2.91. The quantitative estimate of drug-likeness (QED) is 0.693. The van der Waals surface area contributed by atoms with Gasteiger partial charge in [0.15, 0.2) is 0 Å². The number of rotatable bonds is 2. The highest BCUT2D eigenvalue weighted by molar-refractivity contribution is 5.72. The third-order valence-corrected chi connectivity index (χ3v) is 2.46. The van der Waals surface area contributed by atoms with Crippen molar-refractivity contribution >= 4 is 5.57 Å². The van der Waals surface area contributed by atoms with E-state index in [4.69, 9.17) is 4.42 Å². The molecule has 1 aliphatic carbocycles. The summed E-state index contributed by atoms with van der Waals surface area (Å²) in [7, 11) is 0. The molecule has 1 nitrogen and oxygen atoms in total. The van der Waals surface area contributed by atoms with Crippen LogP contribution < -0.4 is 0 Å². The molecular formula is C14H16O. The highest BCUT2D eigenvalue weighted by atomic mass is 16.3. The van der Waals surface area contributed by atoms with E-state index in [0.29, 0.717) is 5.92 Å². The molecule has 0 saturated carbocycles. The van der Waals surface area contributed by atoms with Crippen molar-refractivity contribution in [2.45, 2.75) is 26.2 Å². The van der Waals surface area contributed by atoms with Crippen LogP contribution in [-0.4, -0.2) is 0 Å². The molecular weight excluding hydrogens is 184 g/mol. The third kappa shape index (κ3) is 2.30. The molecule has 2 rings (SSSR count). The van der Waals surface area contributed by atoms with Crippen LogP contribution in [0.2, 0.25) is 0 Å². The van der Waals surface area contributed by atoms with E-state index in [9.17, 15) is 0 Å². The maximum atomic E-state index is 5.79. The van der Waals surface area contributed by atoms with Crippen LogP contribution in [-0.2, 0) is 0 Å². The molecule has 0 amide bonds. The maximum absolute atomic E-state index is 5.79. The van der Waals surface area contributed by atoms with Crippen LogP contribution in [0.25, 0.3) is 5.57 Å². The summed E-state index contributed by atoms with van der Waals surface area (Å²) in [6, 6.07) is 4.11. The molecule has 1 aliphatic rings. The van der Waals surface area contributed by atoms with Crippen molar-refractivity contribution in [3.05, 3.63) is 54.0 Å². The molecule has 0 aliphatic heterocycles. The second-order valence-electron chi connectivity index (χ2n) is 4.04. The SMILES string of the molecule is CC(C)c1ccc(C2=CC=CCC=C2)o1. The molecule has 15 heavy (non-hydrogen) atoms.